The number of aryl methyl sites for hydroxylation is 4. The highest BCUT2D eigenvalue weighted by molar-refractivity contribution is 7.92. The minimum atomic E-state index is -3.63. The molecule has 0 saturated heterocycles. The van der Waals surface area contributed by atoms with E-state index in [0.29, 0.717) is 5.69 Å². The molecule has 0 fully saturated rings. The zero-order valence-electron chi connectivity index (χ0n) is 17.7. The maximum absolute atomic E-state index is 12.9. The summed E-state index contributed by atoms with van der Waals surface area (Å²) in [5, 5.41) is 2.96. The Bertz CT molecular complexity index is 983. The van der Waals surface area contributed by atoms with Gasteiger partial charge in [-0.25, -0.2) is 8.42 Å². The van der Waals surface area contributed by atoms with Crippen LogP contribution in [0.5, 0.6) is 0 Å². The molecule has 2 aromatic rings. The minimum Gasteiger partial charge on any atom is -0.348 e. The van der Waals surface area contributed by atoms with Gasteiger partial charge in [-0.3, -0.25) is 9.10 Å². The first kappa shape index (κ1) is 22.0. The van der Waals surface area contributed by atoms with Gasteiger partial charge < -0.3 is 5.32 Å². The molecule has 152 valence electrons. The summed E-state index contributed by atoms with van der Waals surface area (Å²) in [5.74, 6) is -0.337. The van der Waals surface area contributed by atoms with Crippen LogP contribution < -0.4 is 9.62 Å². The Morgan fingerprint density at radius 1 is 0.929 bits per heavy atom. The van der Waals surface area contributed by atoms with E-state index in [-0.39, 0.29) is 11.9 Å². The van der Waals surface area contributed by atoms with Crippen molar-refractivity contribution in [3.05, 3.63) is 64.2 Å². The molecule has 0 aromatic heterocycles. The fourth-order valence-electron chi connectivity index (χ4n) is 3.39. The molecule has 0 aliphatic heterocycles. The van der Waals surface area contributed by atoms with E-state index < -0.39 is 16.1 Å². The number of benzene rings is 2. The van der Waals surface area contributed by atoms with E-state index in [2.05, 4.69) is 11.4 Å². The lowest BCUT2D eigenvalue weighted by Gasteiger charge is -2.30. The smallest absolute Gasteiger partial charge is 0.244 e. The summed E-state index contributed by atoms with van der Waals surface area (Å²) in [6, 6.07) is 10.4. The highest BCUT2D eigenvalue weighted by Crippen LogP contribution is 2.25. The Balaban J connectivity index is 2.29. The zero-order valence-corrected chi connectivity index (χ0v) is 18.5. The van der Waals surface area contributed by atoms with Gasteiger partial charge in [-0.15, -0.1) is 0 Å². The molecule has 0 aliphatic carbocycles. The van der Waals surface area contributed by atoms with Crippen LogP contribution in [0.3, 0.4) is 0 Å². The first-order valence-electron chi connectivity index (χ1n) is 9.36. The molecule has 2 aromatic carbocycles. The first-order valence-corrected chi connectivity index (χ1v) is 11.2. The third-order valence-corrected chi connectivity index (χ3v) is 6.33. The largest absolute Gasteiger partial charge is 0.348 e. The molecule has 0 spiro atoms. The molecule has 28 heavy (non-hydrogen) atoms. The third kappa shape index (κ3) is 4.93. The van der Waals surface area contributed by atoms with Crippen molar-refractivity contribution in [3.8, 4) is 0 Å². The van der Waals surface area contributed by atoms with Crippen LogP contribution in [0.4, 0.5) is 5.69 Å². The van der Waals surface area contributed by atoms with Gasteiger partial charge in [-0.1, -0.05) is 29.8 Å². The number of carbonyl (C=O) groups is 1. The maximum Gasteiger partial charge on any atom is 0.244 e. The predicted molar refractivity (Wildman–Crippen MR) is 115 cm³/mol. The van der Waals surface area contributed by atoms with Gasteiger partial charge in [0.15, 0.2) is 0 Å². The highest BCUT2D eigenvalue weighted by Gasteiger charge is 2.30. The van der Waals surface area contributed by atoms with Crippen LogP contribution in [0.15, 0.2) is 36.4 Å². The molecule has 1 N–H and O–H groups in total. The molecular formula is C22H30N2O3S. The molecule has 0 unspecified atom stereocenters. The number of hydrogen-bond acceptors (Lipinski definition) is 3. The van der Waals surface area contributed by atoms with Crippen LogP contribution in [-0.2, 0) is 14.8 Å². The predicted octanol–water partition coefficient (Wildman–Crippen LogP) is 3.95. The quantitative estimate of drug-likeness (QED) is 0.795. The molecule has 1 amide bonds. The summed E-state index contributed by atoms with van der Waals surface area (Å²) in [6.07, 6.45) is 1.12. The van der Waals surface area contributed by atoms with Gasteiger partial charge in [0.05, 0.1) is 18.0 Å². The fraction of sp³-hybridized carbons (Fsp3) is 0.409. The molecule has 2 rings (SSSR count). The van der Waals surface area contributed by atoms with Crippen molar-refractivity contribution in [2.24, 2.45) is 0 Å². The topological polar surface area (TPSA) is 66.5 Å². The summed E-state index contributed by atoms with van der Waals surface area (Å²) in [4.78, 5) is 12.9. The van der Waals surface area contributed by atoms with Crippen molar-refractivity contribution in [2.75, 3.05) is 10.6 Å². The van der Waals surface area contributed by atoms with E-state index in [4.69, 9.17) is 0 Å². The summed E-state index contributed by atoms with van der Waals surface area (Å²) in [5.41, 5.74) is 5.80. The number of hydrogen-bond donors (Lipinski definition) is 1. The molecular weight excluding hydrogens is 372 g/mol. The first-order chi connectivity index (χ1) is 12.9. The van der Waals surface area contributed by atoms with Crippen molar-refractivity contribution in [1.29, 1.82) is 0 Å². The van der Waals surface area contributed by atoms with E-state index >= 15 is 0 Å². The van der Waals surface area contributed by atoms with Gasteiger partial charge in [-0.05, 0) is 75.9 Å². The number of rotatable bonds is 6. The number of nitrogens with zero attached hydrogens (tertiary/aromatic N) is 1. The van der Waals surface area contributed by atoms with Gasteiger partial charge >= 0.3 is 0 Å². The second-order valence-electron chi connectivity index (χ2n) is 7.59. The Morgan fingerprint density at radius 3 is 2.11 bits per heavy atom. The SMILES string of the molecule is Cc1ccc([C@H](C)NC(=O)[C@@H](C)N(c2ccc(C)c(C)c2)S(C)(=O)=O)c(C)c1. The van der Waals surface area contributed by atoms with E-state index in [0.717, 1.165) is 34.1 Å². The molecule has 0 radical (unpaired) electrons. The Labute approximate surface area is 168 Å². The van der Waals surface area contributed by atoms with Gasteiger partial charge in [0.1, 0.15) is 6.04 Å². The third-order valence-electron chi connectivity index (χ3n) is 5.08. The summed E-state index contributed by atoms with van der Waals surface area (Å²) < 4.78 is 26.1. The lowest BCUT2D eigenvalue weighted by atomic mass is 10.00. The van der Waals surface area contributed by atoms with E-state index in [1.807, 2.05) is 52.8 Å². The van der Waals surface area contributed by atoms with Crippen molar-refractivity contribution in [1.82, 2.24) is 5.32 Å². The van der Waals surface area contributed by atoms with Crippen LogP contribution in [0.2, 0.25) is 0 Å². The molecule has 0 bridgehead atoms. The van der Waals surface area contributed by atoms with Crippen molar-refractivity contribution in [2.45, 2.75) is 53.6 Å². The van der Waals surface area contributed by atoms with Crippen LogP contribution in [0.25, 0.3) is 0 Å². The number of nitrogens with one attached hydrogen (secondary N) is 1. The fourth-order valence-corrected chi connectivity index (χ4v) is 4.56. The van der Waals surface area contributed by atoms with Crippen LogP contribution in [-0.4, -0.2) is 26.6 Å². The molecule has 2 atom stereocenters. The Hall–Kier alpha value is -2.34. The summed E-state index contributed by atoms with van der Waals surface area (Å²) >= 11 is 0. The second-order valence-corrected chi connectivity index (χ2v) is 9.45. The standard InChI is InChI=1S/C22H30N2O3S/c1-14-8-11-21(17(4)12-14)18(5)23-22(25)19(6)24(28(7,26)27)20-10-9-15(2)16(3)13-20/h8-13,18-19H,1-7H3,(H,23,25)/t18-,19+/m0/s1. The number of amides is 1. The molecule has 0 saturated carbocycles. The Kier molecular flexibility index (Phi) is 6.55. The molecule has 6 heteroatoms. The number of sulfonamides is 1. The van der Waals surface area contributed by atoms with Crippen molar-refractivity contribution < 1.29 is 13.2 Å². The average molecular weight is 403 g/mol. The average Bonchev–Trinajstić information content (AvgIpc) is 2.56. The monoisotopic (exact) mass is 402 g/mol. The second kappa shape index (κ2) is 8.35. The Morgan fingerprint density at radius 2 is 1.57 bits per heavy atom. The van der Waals surface area contributed by atoms with Gasteiger partial charge in [0.2, 0.25) is 15.9 Å². The minimum absolute atomic E-state index is 0.225. The lowest BCUT2D eigenvalue weighted by molar-refractivity contribution is -0.122. The van der Waals surface area contributed by atoms with Crippen molar-refractivity contribution >= 4 is 21.6 Å². The lowest BCUT2D eigenvalue weighted by Crippen LogP contribution is -2.48. The maximum atomic E-state index is 12.9. The van der Waals surface area contributed by atoms with Crippen molar-refractivity contribution in [3.63, 3.8) is 0 Å². The number of carbonyl (C=O) groups excluding carboxylic acids is 1. The summed E-state index contributed by atoms with van der Waals surface area (Å²) in [6.45, 7) is 11.4. The van der Waals surface area contributed by atoms with Crippen LogP contribution >= 0.6 is 0 Å². The number of anilines is 1. The van der Waals surface area contributed by atoms with Gasteiger partial charge in [0, 0.05) is 0 Å². The van der Waals surface area contributed by atoms with Gasteiger partial charge in [0.25, 0.3) is 0 Å². The van der Waals surface area contributed by atoms with Gasteiger partial charge in [-0.2, -0.15) is 0 Å². The van der Waals surface area contributed by atoms with Crippen LogP contribution in [0, 0.1) is 27.7 Å². The summed E-state index contributed by atoms with van der Waals surface area (Å²) in [7, 11) is -3.63. The molecule has 0 heterocycles. The van der Waals surface area contributed by atoms with E-state index in [9.17, 15) is 13.2 Å². The van der Waals surface area contributed by atoms with Crippen LogP contribution in [0.1, 0.15) is 47.7 Å². The normalized spacial score (nSPS) is 13.7. The zero-order chi connectivity index (χ0) is 21.2. The highest BCUT2D eigenvalue weighted by atomic mass is 32.2. The van der Waals surface area contributed by atoms with E-state index in [1.54, 1.807) is 19.1 Å². The molecule has 5 nitrogen and oxygen atoms in total. The molecule has 0 aliphatic rings. The van der Waals surface area contributed by atoms with E-state index in [1.165, 1.54) is 4.31 Å².